The third-order valence-electron chi connectivity index (χ3n) is 3.12. The zero-order valence-electron chi connectivity index (χ0n) is 9.29. The van der Waals surface area contributed by atoms with Crippen molar-refractivity contribution in [2.75, 3.05) is 18.5 Å². The van der Waals surface area contributed by atoms with Crippen LogP contribution in [-0.2, 0) is 0 Å². The second-order valence-corrected chi connectivity index (χ2v) is 5.12. The average Bonchev–Trinajstić information content (AvgIpc) is 2.74. The minimum Gasteiger partial charge on any atom is -0.372 e. The van der Waals surface area contributed by atoms with E-state index in [4.69, 9.17) is 23.2 Å². The second-order valence-electron chi connectivity index (χ2n) is 4.37. The maximum atomic E-state index is 6.00. The Kier molecular flexibility index (Phi) is 3.87. The van der Waals surface area contributed by atoms with Gasteiger partial charge in [0.1, 0.15) is 0 Å². The van der Waals surface area contributed by atoms with Crippen molar-refractivity contribution < 1.29 is 0 Å². The van der Waals surface area contributed by atoms with E-state index in [0.717, 1.165) is 18.2 Å². The molecule has 0 aliphatic heterocycles. The van der Waals surface area contributed by atoms with Crippen molar-refractivity contribution in [3.63, 3.8) is 0 Å². The molecule has 2 rings (SSSR count). The average molecular weight is 260 g/mol. The Bertz CT molecular complexity index is 364. The number of aromatic nitrogens is 2. The number of hydrogen-bond donors (Lipinski definition) is 0. The van der Waals surface area contributed by atoms with Crippen LogP contribution in [0.5, 0.6) is 0 Å². The summed E-state index contributed by atoms with van der Waals surface area (Å²) >= 11 is 11.8. The molecule has 1 aliphatic rings. The summed E-state index contributed by atoms with van der Waals surface area (Å²) in [5, 5.41) is 8.33. The standard InChI is InChI=1S/C11H15Cl2N3/c1-16(7-8-4-2-3-5-8)9-6-10(12)14-15-11(9)13/h6,8H,2-5,7H2,1H3. The van der Waals surface area contributed by atoms with Gasteiger partial charge >= 0.3 is 0 Å². The molecule has 3 nitrogen and oxygen atoms in total. The van der Waals surface area contributed by atoms with Crippen LogP contribution in [0.1, 0.15) is 25.7 Å². The summed E-state index contributed by atoms with van der Waals surface area (Å²) in [6, 6.07) is 1.77. The van der Waals surface area contributed by atoms with Crippen molar-refractivity contribution in [1.82, 2.24) is 10.2 Å². The summed E-state index contributed by atoms with van der Waals surface area (Å²) in [5.74, 6) is 0.771. The maximum Gasteiger partial charge on any atom is 0.175 e. The Balaban J connectivity index is 2.07. The monoisotopic (exact) mass is 259 g/mol. The number of anilines is 1. The molecule has 0 spiro atoms. The molecule has 0 bridgehead atoms. The topological polar surface area (TPSA) is 29.0 Å². The van der Waals surface area contributed by atoms with Crippen LogP contribution in [0.2, 0.25) is 10.3 Å². The molecule has 1 aliphatic carbocycles. The summed E-state index contributed by atoms with van der Waals surface area (Å²) in [7, 11) is 2.03. The second kappa shape index (κ2) is 5.19. The van der Waals surface area contributed by atoms with Crippen LogP contribution in [0.3, 0.4) is 0 Å². The Morgan fingerprint density at radius 1 is 1.31 bits per heavy atom. The van der Waals surface area contributed by atoms with Crippen molar-refractivity contribution in [3.05, 3.63) is 16.4 Å². The van der Waals surface area contributed by atoms with Crippen LogP contribution < -0.4 is 4.90 Å². The van der Waals surface area contributed by atoms with E-state index < -0.39 is 0 Å². The molecule has 88 valence electrons. The SMILES string of the molecule is CN(CC1CCCC1)c1cc(Cl)nnc1Cl. The quantitative estimate of drug-likeness (QED) is 0.833. The smallest absolute Gasteiger partial charge is 0.175 e. The van der Waals surface area contributed by atoms with Crippen LogP contribution in [0.4, 0.5) is 5.69 Å². The summed E-state index contributed by atoms with van der Waals surface area (Å²) < 4.78 is 0. The molecular formula is C11H15Cl2N3. The van der Waals surface area contributed by atoms with E-state index in [0.29, 0.717) is 10.3 Å². The van der Waals surface area contributed by atoms with Gasteiger partial charge in [0.05, 0.1) is 5.69 Å². The van der Waals surface area contributed by atoms with E-state index in [1.165, 1.54) is 25.7 Å². The van der Waals surface area contributed by atoms with Gasteiger partial charge in [-0.1, -0.05) is 36.0 Å². The fourth-order valence-corrected chi connectivity index (χ4v) is 2.67. The van der Waals surface area contributed by atoms with Crippen molar-refractivity contribution in [1.29, 1.82) is 0 Å². The van der Waals surface area contributed by atoms with Crippen LogP contribution in [0.15, 0.2) is 6.07 Å². The molecule has 0 unspecified atom stereocenters. The number of halogens is 2. The lowest BCUT2D eigenvalue weighted by molar-refractivity contribution is 0.546. The van der Waals surface area contributed by atoms with Crippen molar-refractivity contribution in [2.24, 2.45) is 5.92 Å². The van der Waals surface area contributed by atoms with Crippen molar-refractivity contribution >= 4 is 28.9 Å². The number of hydrogen-bond acceptors (Lipinski definition) is 3. The Morgan fingerprint density at radius 2 is 2.00 bits per heavy atom. The first kappa shape index (κ1) is 11.9. The predicted octanol–water partition coefficient (Wildman–Crippen LogP) is 3.41. The maximum absolute atomic E-state index is 6.00. The highest BCUT2D eigenvalue weighted by atomic mass is 35.5. The van der Waals surface area contributed by atoms with Crippen LogP contribution >= 0.6 is 23.2 Å². The lowest BCUT2D eigenvalue weighted by Gasteiger charge is -2.23. The molecule has 0 radical (unpaired) electrons. The van der Waals surface area contributed by atoms with Crippen LogP contribution in [0.25, 0.3) is 0 Å². The fraction of sp³-hybridized carbons (Fsp3) is 0.636. The Labute approximate surface area is 106 Å². The Hall–Kier alpha value is -0.540. The lowest BCUT2D eigenvalue weighted by atomic mass is 10.1. The van der Waals surface area contributed by atoms with E-state index in [1.807, 2.05) is 7.05 Å². The molecule has 0 atom stereocenters. The summed E-state index contributed by atoms with van der Waals surface area (Å²) in [6.07, 6.45) is 5.32. The summed E-state index contributed by atoms with van der Waals surface area (Å²) in [6.45, 7) is 1.02. The van der Waals surface area contributed by atoms with Crippen LogP contribution in [0, 0.1) is 5.92 Å². The summed E-state index contributed by atoms with van der Waals surface area (Å²) in [4.78, 5) is 2.12. The largest absolute Gasteiger partial charge is 0.372 e. The molecule has 1 fully saturated rings. The first-order valence-corrected chi connectivity index (χ1v) is 6.32. The molecule has 1 aromatic heterocycles. The van der Waals surface area contributed by atoms with Gasteiger partial charge in [-0.15, -0.1) is 10.2 Å². The zero-order chi connectivity index (χ0) is 11.5. The van der Waals surface area contributed by atoms with E-state index >= 15 is 0 Å². The van der Waals surface area contributed by atoms with Gasteiger partial charge in [-0.05, 0) is 18.8 Å². The van der Waals surface area contributed by atoms with E-state index in [2.05, 4.69) is 15.1 Å². The highest BCUT2D eigenvalue weighted by molar-refractivity contribution is 6.33. The Morgan fingerprint density at radius 3 is 2.69 bits per heavy atom. The molecule has 0 saturated heterocycles. The molecule has 0 amide bonds. The lowest BCUT2D eigenvalue weighted by Crippen LogP contribution is -2.24. The predicted molar refractivity (Wildman–Crippen MR) is 67.3 cm³/mol. The molecule has 0 aromatic carbocycles. The van der Waals surface area contributed by atoms with E-state index in [1.54, 1.807) is 6.07 Å². The van der Waals surface area contributed by atoms with Gasteiger partial charge in [0.2, 0.25) is 0 Å². The highest BCUT2D eigenvalue weighted by Crippen LogP contribution is 2.29. The zero-order valence-corrected chi connectivity index (χ0v) is 10.8. The first-order chi connectivity index (χ1) is 7.66. The van der Waals surface area contributed by atoms with E-state index in [-0.39, 0.29) is 0 Å². The number of nitrogens with zero attached hydrogens (tertiary/aromatic N) is 3. The van der Waals surface area contributed by atoms with Gasteiger partial charge in [-0.2, -0.15) is 0 Å². The van der Waals surface area contributed by atoms with Gasteiger partial charge in [0.15, 0.2) is 10.3 Å². The van der Waals surface area contributed by atoms with Crippen molar-refractivity contribution in [3.8, 4) is 0 Å². The molecule has 16 heavy (non-hydrogen) atoms. The van der Waals surface area contributed by atoms with Gasteiger partial charge in [-0.3, -0.25) is 0 Å². The van der Waals surface area contributed by atoms with Gasteiger partial charge in [0, 0.05) is 19.7 Å². The van der Waals surface area contributed by atoms with Gasteiger partial charge in [-0.25, -0.2) is 0 Å². The summed E-state index contributed by atoms with van der Waals surface area (Å²) in [5.41, 5.74) is 0.869. The van der Waals surface area contributed by atoms with E-state index in [9.17, 15) is 0 Å². The fourth-order valence-electron chi connectivity index (χ4n) is 2.29. The van der Waals surface area contributed by atoms with Crippen LogP contribution in [-0.4, -0.2) is 23.8 Å². The molecule has 1 heterocycles. The molecule has 0 N–H and O–H groups in total. The highest BCUT2D eigenvalue weighted by Gasteiger charge is 2.18. The van der Waals surface area contributed by atoms with Gasteiger partial charge in [0.25, 0.3) is 0 Å². The number of rotatable bonds is 3. The van der Waals surface area contributed by atoms with Crippen molar-refractivity contribution in [2.45, 2.75) is 25.7 Å². The third kappa shape index (κ3) is 2.77. The minimum atomic E-state index is 0.387. The van der Waals surface area contributed by atoms with Gasteiger partial charge < -0.3 is 4.90 Å². The molecule has 5 heteroatoms. The normalized spacial score (nSPS) is 16.7. The first-order valence-electron chi connectivity index (χ1n) is 5.56. The molecular weight excluding hydrogens is 245 g/mol. The third-order valence-corrected chi connectivity index (χ3v) is 3.57. The molecule has 1 saturated carbocycles. The minimum absolute atomic E-state index is 0.387. The molecule has 1 aromatic rings.